The zero-order chi connectivity index (χ0) is 5.54. The molecule has 7 heavy (non-hydrogen) atoms. The van der Waals surface area contributed by atoms with Gasteiger partial charge >= 0.3 is 21.6 Å². The van der Waals surface area contributed by atoms with Crippen molar-refractivity contribution in [1.29, 1.82) is 0 Å². The van der Waals surface area contributed by atoms with Gasteiger partial charge in [0.15, 0.2) is 0 Å². The Balaban J connectivity index is 0.000000162. The van der Waals surface area contributed by atoms with Crippen LogP contribution in [0.4, 0.5) is 3.38 Å². The third-order valence-corrected chi connectivity index (χ3v) is 0.372. The Morgan fingerprint density at radius 1 is 1.29 bits per heavy atom. The first-order valence-corrected chi connectivity index (χ1v) is 1.74. The third-order valence-electron chi connectivity index (χ3n) is 0.372. The molecule has 0 unspecified atom stereocenters. The molecule has 0 fully saturated rings. The van der Waals surface area contributed by atoms with Crippen LogP contribution in [-0.2, 0) is 0 Å². The van der Waals surface area contributed by atoms with Gasteiger partial charge in [-0.3, -0.25) is 0 Å². The van der Waals surface area contributed by atoms with Crippen molar-refractivity contribution in [3.05, 3.63) is 12.4 Å². The predicted molar refractivity (Wildman–Crippen MR) is 26.6 cm³/mol. The Morgan fingerprint density at radius 3 is 2.14 bits per heavy atom. The normalized spacial score (nSPS) is 12.4. The van der Waals surface area contributed by atoms with Crippen molar-refractivity contribution in [3.8, 4) is 0 Å². The molecule has 0 spiro atoms. The second kappa shape index (κ2) is 5.74. The zero-order valence-corrected chi connectivity index (χ0v) is 4.00. The first-order chi connectivity index (χ1) is 3.50. The molecule has 0 atom stereocenters. The van der Waals surface area contributed by atoms with Gasteiger partial charge in [-0.15, -0.1) is 0 Å². The second-order valence-corrected chi connectivity index (χ2v) is 0.712. The predicted octanol–water partition coefficient (Wildman–Crippen LogP) is 0.143. The van der Waals surface area contributed by atoms with Gasteiger partial charge in [-0.1, -0.05) is 0 Å². The molecule has 0 aromatic carbocycles. The molecule has 0 N–H and O–H groups in total. The fourth-order valence-electron chi connectivity index (χ4n) is 0.192. The van der Waals surface area contributed by atoms with E-state index in [2.05, 4.69) is 10.3 Å². The monoisotopic (exact) mass is 93.0 g/mol. The SMILES string of the molecule is C1=CN=C[N]1.[Li][F]. The summed E-state index contributed by atoms with van der Waals surface area (Å²) in [7, 11) is 0. The van der Waals surface area contributed by atoms with Crippen LogP contribution in [0.1, 0.15) is 0 Å². The summed E-state index contributed by atoms with van der Waals surface area (Å²) >= 11 is 0.500. The van der Waals surface area contributed by atoms with E-state index < -0.39 is 0 Å². The van der Waals surface area contributed by atoms with Crippen LogP contribution >= 0.6 is 0 Å². The minimum absolute atomic E-state index is 0.500. The van der Waals surface area contributed by atoms with E-state index in [0.29, 0.717) is 18.2 Å². The maximum atomic E-state index is 9.50. The molecule has 33 valence electrons. The standard InChI is InChI=1S/C3H3N2.FH.Li/c1-2-5-3-4-1;;/h1-3H;1H;/q;;+1/p-1. The average Bonchev–Trinajstić information content (AvgIpc) is 2.23. The summed E-state index contributed by atoms with van der Waals surface area (Å²) in [5.74, 6) is 0. The van der Waals surface area contributed by atoms with Crippen molar-refractivity contribution in [2.75, 3.05) is 0 Å². The fraction of sp³-hybridized carbons (Fsp3) is 0. The van der Waals surface area contributed by atoms with Crippen LogP contribution in [0.2, 0.25) is 0 Å². The molecule has 1 aliphatic heterocycles. The van der Waals surface area contributed by atoms with Crippen LogP contribution in [0.15, 0.2) is 17.4 Å². The van der Waals surface area contributed by atoms with E-state index in [4.69, 9.17) is 0 Å². The van der Waals surface area contributed by atoms with Gasteiger partial charge in [-0.25, -0.2) is 10.3 Å². The topological polar surface area (TPSA) is 26.5 Å². The molecule has 4 heteroatoms. The number of hydrogen-bond donors (Lipinski definition) is 0. The summed E-state index contributed by atoms with van der Waals surface area (Å²) in [5.41, 5.74) is 0. The summed E-state index contributed by atoms with van der Waals surface area (Å²) in [4.78, 5) is 3.61. The van der Waals surface area contributed by atoms with Gasteiger partial charge in [-0.05, 0) is 0 Å². The van der Waals surface area contributed by atoms with E-state index in [1.807, 2.05) is 0 Å². The molecule has 2 nitrogen and oxygen atoms in total. The van der Waals surface area contributed by atoms with Gasteiger partial charge in [0, 0.05) is 12.4 Å². The van der Waals surface area contributed by atoms with Crippen molar-refractivity contribution in [2.24, 2.45) is 4.99 Å². The fourth-order valence-corrected chi connectivity index (χ4v) is 0.192. The van der Waals surface area contributed by atoms with Crippen molar-refractivity contribution in [2.45, 2.75) is 0 Å². The van der Waals surface area contributed by atoms with Crippen molar-refractivity contribution < 1.29 is 3.38 Å². The van der Waals surface area contributed by atoms with E-state index in [0.717, 1.165) is 0 Å². The Hall–Kier alpha value is -0.263. The van der Waals surface area contributed by atoms with Crippen molar-refractivity contribution in [1.82, 2.24) is 5.32 Å². The second-order valence-electron chi connectivity index (χ2n) is 0.712. The molecular weight excluding hydrogens is 90.0 g/mol. The van der Waals surface area contributed by atoms with Gasteiger partial charge in [0.2, 0.25) is 0 Å². The Labute approximate surface area is 51.3 Å². The molecule has 0 aliphatic carbocycles. The minimum atomic E-state index is 0.500. The van der Waals surface area contributed by atoms with Gasteiger partial charge in [0.1, 0.15) is 6.34 Å². The first-order valence-electron chi connectivity index (χ1n) is 1.74. The third kappa shape index (κ3) is 3.57. The van der Waals surface area contributed by atoms with Crippen molar-refractivity contribution in [3.63, 3.8) is 0 Å². The average molecular weight is 93.0 g/mol. The maximum absolute atomic E-state index is 9.50. The summed E-state index contributed by atoms with van der Waals surface area (Å²) in [6, 6.07) is 0. The molecule has 0 saturated carbocycles. The van der Waals surface area contributed by atoms with Crippen LogP contribution in [0, 0.1) is 0 Å². The molecule has 0 aromatic heterocycles. The summed E-state index contributed by atoms with van der Waals surface area (Å²) in [5, 5.41) is 3.61. The molecule has 1 heterocycles. The van der Waals surface area contributed by atoms with Gasteiger partial charge in [0.05, 0.1) is 0 Å². The molecule has 0 aromatic rings. The molecule has 0 bridgehead atoms. The Kier molecular flexibility index (Phi) is 5.52. The molecule has 0 amide bonds. The van der Waals surface area contributed by atoms with Crippen LogP contribution in [0.25, 0.3) is 0 Å². The van der Waals surface area contributed by atoms with E-state index in [-0.39, 0.29) is 0 Å². The van der Waals surface area contributed by atoms with E-state index >= 15 is 0 Å². The van der Waals surface area contributed by atoms with Gasteiger partial charge in [0.25, 0.3) is 0 Å². The van der Waals surface area contributed by atoms with Gasteiger partial charge in [-0.2, -0.15) is 0 Å². The summed E-state index contributed by atoms with van der Waals surface area (Å²) < 4.78 is 9.50. The number of rotatable bonds is 0. The van der Waals surface area contributed by atoms with Crippen LogP contribution < -0.4 is 5.32 Å². The van der Waals surface area contributed by atoms with Crippen molar-refractivity contribution >= 4 is 24.5 Å². The first kappa shape index (κ1) is 6.74. The molecule has 1 rings (SSSR count). The van der Waals surface area contributed by atoms with Crippen LogP contribution in [-0.4, -0.2) is 24.5 Å². The zero-order valence-electron chi connectivity index (χ0n) is 4.00. The number of aliphatic imine (C=N–C) groups is 1. The van der Waals surface area contributed by atoms with E-state index in [1.54, 1.807) is 12.4 Å². The molecular formula is C3H3FLiN2. The quantitative estimate of drug-likeness (QED) is 0.381. The summed E-state index contributed by atoms with van der Waals surface area (Å²) in [6.07, 6.45) is 4.78. The van der Waals surface area contributed by atoms with Gasteiger partial charge < -0.3 is 0 Å². The number of nitrogens with zero attached hydrogens (tertiary/aromatic N) is 2. The summed E-state index contributed by atoms with van der Waals surface area (Å²) in [6.45, 7) is 0. The molecule has 0 saturated heterocycles. The van der Waals surface area contributed by atoms with Crippen LogP contribution in [0.5, 0.6) is 0 Å². The van der Waals surface area contributed by atoms with E-state index in [1.165, 1.54) is 6.34 Å². The molecule has 1 aliphatic rings. The number of hydrogen-bond acceptors (Lipinski definition) is 1. The Morgan fingerprint density at radius 2 is 2.00 bits per heavy atom. The van der Waals surface area contributed by atoms with E-state index in [9.17, 15) is 3.38 Å². The Bertz CT molecular complexity index is 71.0. The van der Waals surface area contributed by atoms with Crippen LogP contribution in [0.3, 0.4) is 0 Å². The number of halogens is 1. The molecule has 1 radical (unpaired) electrons.